The van der Waals surface area contributed by atoms with Crippen molar-refractivity contribution in [2.75, 3.05) is 26.7 Å². The number of benzene rings is 3. The zero-order chi connectivity index (χ0) is 42.8. The molecule has 7 aliphatic rings. The number of esters is 2. The molecule has 0 aromatic heterocycles. The van der Waals surface area contributed by atoms with Crippen molar-refractivity contribution in [2.45, 2.75) is 96.7 Å². The molecule has 0 amide bonds. The lowest BCUT2D eigenvalue weighted by atomic mass is 9.44. The number of hydrogen-bond donors (Lipinski definition) is 5. The van der Waals surface area contributed by atoms with Crippen LogP contribution >= 0.6 is 0 Å². The molecule has 0 unspecified atom stereocenters. The number of hydrogen-bond acceptors (Lipinski definition) is 9. The molecule has 0 radical (unpaired) electrons. The van der Waals surface area contributed by atoms with E-state index in [0.717, 1.165) is 128 Å². The second-order valence-electron chi connectivity index (χ2n) is 18.5. The third-order valence-corrected chi connectivity index (χ3v) is 15.0. The highest BCUT2D eigenvalue weighted by molar-refractivity contribution is 6.07. The average Bonchev–Trinajstić information content (AvgIpc) is 3.78. The molecule has 3 fully saturated rings. The van der Waals surface area contributed by atoms with Crippen molar-refractivity contribution in [3.05, 3.63) is 130 Å². The van der Waals surface area contributed by atoms with E-state index in [-0.39, 0.29) is 48.0 Å². The van der Waals surface area contributed by atoms with Crippen LogP contribution in [0.25, 0.3) is 16.7 Å². The molecule has 5 N–H and O–H groups in total. The lowest BCUT2D eigenvalue weighted by molar-refractivity contribution is -0.135. The van der Waals surface area contributed by atoms with Crippen LogP contribution in [0.3, 0.4) is 0 Å². The highest BCUT2D eigenvalue weighted by atomic mass is 16.5. The van der Waals surface area contributed by atoms with E-state index in [1.807, 2.05) is 25.2 Å². The molecule has 4 aliphatic carbocycles. The topological polar surface area (TPSA) is 129 Å². The van der Waals surface area contributed by atoms with E-state index < -0.39 is 5.41 Å². The second-order valence-corrected chi connectivity index (χ2v) is 18.5. The Balaban J connectivity index is 1.14. The Morgan fingerprint density at radius 1 is 0.935 bits per heavy atom. The zero-order valence-corrected chi connectivity index (χ0v) is 36.4. The number of phenols is 1. The quantitative estimate of drug-likeness (QED) is 0.0710. The molecule has 7 atom stereocenters. The molecule has 62 heavy (non-hydrogen) atoms. The number of aliphatic hydroxyl groups is 1. The number of phenolic OH excluding ortho intramolecular Hbond substituents is 1. The number of fused-ring (bicyclic) bond motifs is 1. The monoisotopic (exact) mass is 837 g/mol. The van der Waals surface area contributed by atoms with Gasteiger partial charge in [0.05, 0.1) is 17.2 Å². The summed E-state index contributed by atoms with van der Waals surface area (Å²) in [4.78, 5) is 29.3. The van der Waals surface area contributed by atoms with Gasteiger partial charge in [0.1, 0.15) is 17.3 Å². The average molecular weight is 838 g/mol. The molecule has 2 saturated heterocycles. The van der Waals surface area contributed by atoms with E-state index in [0.29, 0.717) is 36.4 Å². The Hall–Kier alpha value is -4.80. The molecule has 3 aliphatic heterocycles. The Kier molecular flexibility index (Phi) is 12.7. The highest BCUT2D eigenvalue weighted by Crippen LogP contribution is 2.72. The molecule has 9 heteroatoms. The van der Waals surface area contributed by atoms with Gasteiger partial charge < -0.3 is 35.6 Å². The van der Waals surface area contributed by atoms with Gasteiger partial charge in [-0.05, 0) is 185 Å². The zero-order valence-electron chi connectivity index (χ0n) is 36.4. The van der Waals surface area contributed by atoms with Crippen molar-refractivity contribution >= 4 is 17.5 Å². The Bertz CT molecular complexity index is 2290. The maximum absolute atomic E-state index is 14.9. The van der Waals surface area contributed by atoms with Gasteiger partial charge in [-0.1, -0.05) is 61.5 Å². The molecule has 10 rings (SSSR count). The molecular formula is C53H63N3O6. The van der Waals surface area contributed by atoms with Crippen LogP contribution in [0.4, 0.5) is 0 Å². The smallest absolute Gasteiger partial charge is 0.340 e. The molecule has 9 nitrogen and oxygen atoms in total. The summed E-state index contributed by atoms with van der Waals surface area (Å²) in [5.74, 6) is 1.48. The molecular weight excluding hydrogens is 775 g/mol. The number of nitrogens with one attached hydrogen (secondary N) is 3. The van der Waals surface area contributed by atoms with Crippen molar-refractivity contribution in [1.82, 2.24) is 16.0 Å². The van der Waals surface area contributed by atoms with Crippen LogP contribution in [-0.2, 0) is 32.0 Å². The third kappa shape index (κ3) is 8.02. The minimum absolute atomic E-state index is 0.0121. The predicted molar refractivity (Wildman–Crippen MR) is 242 cm³/mol. The van der Waals surface area contributed by atoms with Crippen molar-refractivity contribution < 1.29 is 29.3 Å². The van der Waals surface area contributed by atoms with Crippen LogP contribution in [0.2, 0.25) is 0 Å². The number of unbranched alkanes of at least 4 members (excludes halogenated alkanes) is 1. The van der Waals surface area contributed by atoms with Gasteiger partial charge in [0.15, 0.2) is 0 Å². The second kappa shape index (κ2) is 18.5. The van der Waals surface area contributed by atoms with Gasteiger partial charge in [0.25, 0.3) is 0 Å². The highest BCUT2D eigenvalue weighted by Gasteiger charge is 2.68. The van der Waals surface area contributed by atoms with Crippen LogP contribution in [0.15, 0.2) is 113 Å². The fourth-order valence-electron chi connectivity index (χ4n) is 12.0. The molecule has 2 bridgehead atoms. The fraction of sp³-hybridized carbons (Fsp3) is 0.472. The number of aliphatic hydroxyl groups excluding tert-OH is 1. The summed E-state index contributed by atoms with van der Waals surface area (Å²) in [6.07, 6.45) is 15.4. The first-order chi connectivity index (χ1) is 30.3. The normalized spacial score (nSPS) is 28.3. The maximum Gasteiger partial charge on any atom is 0.340 e. The predicted octanol–water partition coefficient (Wildman–Crippen LogP) is 8.88. The van der Waals surface area contributed by atoms with Gasteiger partial charge >= 0.3 is 11.9 Å². The first kappa shape index (κ1) is 42.5. The van der Waals surface area contributed by atoms with E-state index >= 15 is 0 Å². The summed E-state index contributed by atoms with van der Waals surface area (Å²) in [6.45, 7) is 4.89. The fourth-order valence-corrected chi connectivity index (χ4v) is 12.0. The Labute approximate surface area is 366 Å². The van der Waals surface area contributed by atoms with E-state index in [2.05, 4.69) is 83.6 Å². The molecule has 3 heterocycles. The summed E-state index contributed by atoms with van der Waals surface area (Å²) >= 11 is 0. The number of allylic oxidation sites excluding steroid dienone is 5. The number of piperidine rings is 1. The van der Waals surface area contributed by atoms with Crippen molar-refractivity contribution in [2.24, 2.45) is 35.0 Å². The largest absolute Gasteiger partial charge is 0.508 e. The number of ether oxygens (including phenoxy) is 2. The third-order valence-electron chi connectivity index (χ3n) is 15.0. The molecule has 1 spiro atoms. The van der Waals surface area contributed by atoms with Gasteiger partial charge in [-0.15, -0.1) is 0 Å². The van der Waals surface area contributed by atoms with Gasteiger partial charge in [-0.3, -0.25) is 0 Å². The number of aromatic hydroxyl groups is 1. The number of cyclic esters (lactones) is 2. The van der Waals surface area contributed by atoms with Crippen LogP contribution < -0.4 is 16.0 Å². The van der Waals surface area contributed by atoms with E-state index in [1.165, 1.54) is 5.56 Å². The van der Waals surface area contributed by atoms with Gasteiger partial charge in [0.2, 0.25) is 0 Å². The van der Waals surface area contributed by atoms with Gasteiger partial charge in [-0.2, -0.15) is 0 Å². The summed E-state index contributed by atoms with van der Waals surface area (Å²) in [5, 5.41) is 30.9. The Morgan fingerprint density at radius 3 is 2.61 bits per heavy atom. The summed E-state index contributed by atoms with van der Waals surface area (Å²) in [6, 6.07) is 24.5. The summed E-state index contributed by atoms with van der Waals surface area (Å²) in [5.41, 5.74) is 7.76. The van der Waals surface area contributed by atoms with E-state index in [9.17, 15) is 19.8 Å². The van der Waals surface area contributed by atoms with Gasteiger partial charge in [0, 0.05) is 30.2 Å². The SMILES string of the molecule is CC[C@H](/C=C1\OC(=O)C2=C(c3cc(O)ccc3-c3cccc(CNCCCCO)c3)[C@@H]3CC[C@@]21[C@H]1C2=C(CC[C@@H]31)C(=CCC[C@@H]1CCN[C@H](NC)C1)OC2=O)Cc1ccccc1. The van der Waals surface area contributed by atoms with Crippen LogP contribution in [0, 0.1) is 35.0 Å². The number of carbonyl (C=O) groups is 2. The number of rotatable bonds is 16. The summed E-state index contributed by atoms with van der Waals surface area (Å²) < 4.78 is 12.9. The van der Waals surface area contributed by atoms with Crippen molar-refractivity contribution in [1.29, 1.82) is 0 Å². The molecule has 1 saturated carbocycles. The van der Waals surface area contributed by atoms with Crippen molar-refractivity contribution in [3.8, 4) is 16.9 Å². The lowest BCUT2D eigenvalue weighted by Crippen LogP contribution is -2.52. The molecule has 326 valence electrons. The van der Waals surface area contributed by atoms with Gasteiger partial charge in [-0.25, -0.2) is 9.59 Å². The standard InChI is InChI=1S/C53H63N3O6/c1-3-33(27-34-11-5-4-6-12-34)29-45-53-23-21-40(41-19-20-42-44(61-51(59)48(42)49(41)53)16-10-13-35-22-25-56-46(30-35)54-2)47(50(53)52(60)62-45)43-31-38(58)17-18-39(43)37-15-9-14-36(28-37)32-55-24-7-8-26-57/h4-6,9,11-12,14-18,28-29,31,33,35,40-41,46,49,54-58H,3,7-8,10,13,19-27,30,32H2,1-2H3/b44-16?,45-29-/t33-,35+,40+,41-,46-,49+,53+/m0/s1. The van der Waals surface area contributed by atoms with Crippen LogP contribution in [0.5, 0.6) is 5.75 Å². The summed E-state index contributed by atoms with van der Waals surface area (Å²) in [7, 11) is 2.01. The molecule has 3 aromatic rings. The first-order valence-electron chi connectivity index (χ1n) is 23.4. The van der Waals surface area contributed by atoms with Crippen LogP contribution in [-0.4, -0.2) is 55.1 Å². The van der Waals surface area contributed by atoms with E-state index in [4.69, 9.17) is 9.47 Å². The van der Waals surface area contributed by atoms with Crippen molar-refractivity contribution in [3.63, 3.8) is 0 Å². The van der Waals surface area contributed by atoms with E-state index in [1.54, 1.807) is 6.07 Å². The minimum Gasteiger partial charge on any atom is -0.508 e. The Morgan fingerprint density at radius 2 is 1.79 bits per heavy atom. The van der Waals surface area contributed by atoms with Crippen LogP contribution in [0.1, 0.15) is 94.2 Å². The lowest BCUT2D eigenvalue weighted by Gasteiger charge is -2.56. The minimum atomic E-state index is -0.842. The number of carbonyl (C=O) groups excluding carboxylic acids is 2. The molecule has 3 aromatic carbocycles. The maximum atomic E-state index is 14.9. The first-order valence-corrected chi connectivity index (χ1v) is 23.4.